The Hall–Kier alpha value is -4.41. The molecule has 4 aliphatic rings. The van der Waals surface area contributed by atoms with E-state index in [9.17, 15) is 24.0 Å². The Bertz CT molecular complexity index is 1320. The molecular formula is C31H37N5O6. The van der Waals surface area contributed by atoms with Gasteiger partial charge >= 0.3 is 0 Å². The number of benzene rings is 2. The standard InChI is InChI=1S/C31H37N5O6/c1-19-26(37)34-25(17-20-5-3-2-4-6-20)29(40)36-31(13-14-31)30(41)32-15-16-42-23-11-7-21(8-12-23)18-24(28(39)33-19)35-27(38)22-9-10-22/h2-8,11-12,19,22,24-25H,9-10,13-18H2,1H3,(H,32,41)(H,33,39)(H,34,37)(H,35,38)(H,36,40)/t19-,24-,25+/m0/s1. The molecule has 2 saturated carbocycles. The van der Waals surface area contributed by atoms with Crippen molar-refractivity contribution in [3.05, 3.63) is 65.7 Å². The molecule has 11 nitrogen and oxygen atoms in total. The molecule has 2 aliphatic heterocycles. The van der Waals surface area contributed by atoms with Gasteiger partial charge in [0.25, 0.3) is 0 Å². The highest BCUT2D eigenvalue weighted by Gasteiger charge is 2.51. The summed E-state index contributed by atoms with van der Waals surface area (Å²) in [5.74, 6) is -1.53. The van der Waals surface area contributed by atoms with Gasteiger partial charge in [0.05, 0.1) is 6.54 Å². The van der Waals surface area contributed by atoms with E-state index < -0.39 is 41.4 Å². The third kappa shape index (κ3) is 7.45. The Kier molecular flexibility index (Phi) is 8.75. The number of hydrogen-bond acceptors (Lipinski definition) is 6. The first-order valence-electron chi connectivity index (χ1n) is 14.5. The van der Waals surface area contributed by atoms with Crippen molar-refractivity contribution in [1.82, 2.24) is 26.6 Å². The van der Waals surface area contributed by atoms with Crippen LogP contribution in [0.15, 0.2) is 54.6 Å². The molecule has 0 aromatic heterocycles. The van der Waals surface area contributed by atoms with E-state index in [4.69, 9.17) is 4.74 Å². The van der Waals surface area contributed by atoms with Crippen LogP contribution in [0.2, 0.25) is 0 Å². The summed E-state index contributed by atoms with van der Waals surface area (Å²) < 4.78 is 5.76. The SMILES string of the molecule is C[C@@H]1NC(=O)[C@@H](NC(=O)C2CC2)Cc2ccc(cc2)OCCNC(=O)C2(CC2)NC(=O)[C@@H](Cc2ccccc2)NC1=O. The minimum Gasteiger partial charge on any atom is -0.492 e. The average molecular weight is 576 g/mol. The number of fused-ring (bicyclic) bond motifs is 15. The van der Waals surface area contributed by atoms with E-state index in [1.807, 2.05) is 42.5 Å². The van der Waals surface area contributed by atoms with Crippen LogP contribution >= 0.6 is 0 Å². The molecule has 6 rings (SSSR count). The molecular weight excluding hydrogens is 538 g/mol. The number of carbonyl (C=O) groups excluding carboxylic acids is 5. The second-order valence-electron chi connectivity index (χ2n) is 11.3. The van der Waals surface area contributed by atoms with Crippen molar-refractivity contribution in [3.8, 4) is 5.75 Å². The summed E-state index contributed by atoms with van der Waals surface area (Å²) in [6, 6.07) is 13.5. The molecule has 1 spiro atoms. The van der Waals surface area contributed by atoms with Gasteiger partial charge in [-0.25, -0.2) is 0 Å². The van der Waals surface area contributed by atoms with E-state index in [1.54, 1.807) is 12.1 Å². The van der Waals surface area contributed by atoms with Crippen LogP contribution in [-0.2, 0) is 36.8 Å². The van der Waals surface area contributed by atoms with Crippen LogP contribution in [0.1, 0.15) is 43.7 Å². The summed E-state index contributed by atoms with van der Waals surface area (Å²) in [4.78, 5) is 65.6. The topological polar surface area (TPSA) is 155 Å². The van der Waals surface area contributed by atoms with Gasteiger partial charge in [-0.15, -0.1) is 0 Å². The molecule has 2 bridgehead atoms. The van der Waals surface area contributed by atoms with Gasteiger partial charge in [-0.1, -0.05) is 42.5 Å². The van der Waals surface area contributed by atoms with Crippen molar-refractivity contribution in [2.75, 3.05) is 13.2 Å². The van der Waals surface area contributed by atoms with E-state index in [0.29, 0.717) is 18.6 Å². The first-order valence-corrected chi connectivity index (χ1v) is 14.5. The second kappa shape index (κ2) is 12.6. The summed E-state index contributed by atoms with van der Waals surface area (Å²) in [6.45, 7) is 2.00. The molecule has 5 N–H and O–H groups in total. The van der Waals surface area contributed by atoms with E-state index in [-0.39, 0.29) is 43.7 Å². The number of nitrogens with one attached hydrogen (secondary N) is 5. The number of amides is 5. The van der Waals surface area contributed by atoms with Gasteiger partial charge in [0, 0.05) is 18.8 Å². The molecule has 222 valence electrons. The van der Waals surface area contributed by atoms with Crippen molar-refractivity contribution in [2.45, 2.75) is 69.1 Å². The van der Waals surface area contributed by atoms with Crippen molar-refractivity contribution >= 4 is 29.5 Å². The third-order valence-electron chi connectivity index (χ3n) is 7.82. The summed E-state index contributed by atoms with van der Waals surface area (Å²) in [6.07, 6.45) is 2.96. The van der Waals surface area contributed by atoms with Gasteiger partial charge in [0.1, 0.15) is 36.0 Å². The fourth-order valence-electron chi connectivity index (χ4n) is 4.90. The number of rotatable bonds is 4. The maximum atomic E-state index is 13.5. The van der Waals surface area contributed by atoms with Crippen molar-refractivity contribution < 1.29 is 28.7 Å². The number of carbonyl (C=O) groups is 5. The van der Waals surface area contributed by atoms with Gasteiger partial charge in [-0.05, 0) is 55.9 Å². The molecule has 3 atom stereocenters. The Balaban J connectivity index is 1.37. The largest absolute Gasteiger partial charge is 0.492 e. The second-order valence-corrected chi connectivity index (χ2v) is 11.3. The highest BCUT2D eigenvalue weighted by Crippen LogP contribution is 2.35. The lowest BCUT2D eigenvalue weighted by molar-refractivity contribution is -0.134. The van der Waals surface area contributed by atoms with Crippen LogP contribution in [0.3, 0.4) is 0 Å². The molecule has 5 amide bonds. The maximum Gasteiger partial charge on any atom is 0.245 e. The van der Waals surface area contributed by atoms with E-state index in [1.165, 1.54) is 6.92 Å². The van der Waals surface area contributed by atoms with Crippen molar-refractivity contribution in [3.63, 3.8) is 0 Å². The fraction of sp³-hybridized carbons (Fsp3) is 0.452. The number of hydrogen-bond donors (Lipinski definition) is 5. The lowest BCUT2D eigenvalue weighted by Gasteiger charge is -2.25. The minimum absolute atomic E-state index is 0.0946. The molecule has 11 heteroatoms. The number of ether oxygens (including phenoxy) is 1. The van der Waals surface area contributed by atoms with Crippen LogP contribution in [0.4, 0.5) is 0 Å². The van der Waals surface area contributed by atoms with Crippen LogP contribution in [-0.4, -0.2) is 66.4 Å². The zero-order valence-corrected chi connectivity index (χ0v) is 23.6. The van der Waals surface area contributed by atoms with Gasteiger partial charge in [-0.3, -0.25) is 24.0 Å². The average Bonchev–Trinajstić information content (AvgIpc) is 3.91. The molecule has 2 heterocycles. The molecule has 0 saturated heterocycles. The molecule has 2 aromatic carbocycles. The first kappa shape index (κ1) is 29.1. The van der Waals surface area contributed by atoms with Crippen molar-refractivity contribution in [1.29, 1.82) is 0 Å². The zero-order chi connectivity index (χ0) is 29.7. The van der Waals surface area contributed by atoms with Crippen LogP contribution in [0.5, 0.6) is 5.75 Å². The predicted molar refractivity (Wildman–Crippen MR) is 153 cm³/mol. The van der Waals surface area contributed by atoms with Gasteiger partial charge < -0.3 is 31.3 Å². The van der Waals surface area contributed by atoms with Crippen LogP contribution in [0, 0.1) is 5.92 Å². The molecule has 0 unspecified atom stereocenters. The summed E-state index contributed by atoms with van der Waals surface area (Å²) >= 11 is 0. The first-order chi connectivity index (χ1) is 20.2. The Morgan fingerprint density at radius 1 is 0.929 bits per heavy atom. The van der Waals surface area contributed by atoms with Gasteiger partial charge in [0.2, 0.25) is 29.5 Å². The third-order valence-corrected chi connectivity index (χ3v) is 7.82. The monoisotopic (exact) mass is 575 g/mol. The summed E-state index contributed by atoms with van der Waals surface area (Å²) in [7, 11) is 0. The summed E-state index contributed by atoms with van der Waals surface area (Å²) in [5.41, 5.74) is 0.587. The molecule has 2 aromatic rings. The Morgan fingerprint density at radius 2 is 1.64 bits per heavy atom. The normalized spacial score (nSPS) is 24.8. The summed E-state index contributed by atoms with van der Waals surface area (Å²) in [5, 5.41) is 14.0. The molecule has 0 radical (unpaired) electrons. The molecule has 2 aliphatic carbocycles. The Labute approximate surface area is 244 Å². The minimum atomic E-state index is -1.04. The lowest BCUT2D eigenvalue weighted by Crippen LogP contribution is -2.59. The Morgan fingerprint density at radius 3 is 2.31 bits per heavy atom. The van der Waals surface area contributed by atoms with Crippen LogP contribution < -0.4 is 31.3 Å². The van der Waals surface area contributed by atoms with Gasteiger partial charge in [0.15, 0.2) is 0 Å². The van der Waals surface area contributed by atoms with Crippen LogP contribution in [0.25, 0.3) is 0 Å². The predicted octanol–water partition coefficient (Wildman–Crippen LogP) is 0.514. The van der Waals surface area contributed by atoms with E-state index >= 15 is 0 Å². The molecule has 2 fully saturated rings. The highest BCUT2D eigenvalue weighted by atomic mass is 16.5. The van der Waals surface area contributed by atoms with Gasteiger partial charge in [-0.2, -0.15) is 0 Å². The maximum absolute atomic E-state index is 13.5. The highest BCUT2D eigenvalue weighted by molar-refractivity contribution is 5.98. The molecule has 42 heavy (non-hydrogen) atoms. The van der Waals surface area contributed by atoms with E-state index in [0.717, 1.165) is 24.0 Å². The lowest BCUT2D eigenvalue weighted by atomic mass is 10.0. The smallest absolute Gasteiger partial charge is 0.245 e. The van der Waals surface area contributed by atoms with E-state index in [2.05, 4.69) is 26.6 Å². The quantitative estimate of drug-likeness (QED) is 0.335. The van der Waals surface area contributed by atoms with Crippen molar-refractivity contribution in [2.24, 2.45) is 5.92 Å². The zero-order valence-electron chi connectivity index (χ0n) is 23.6. The fourth-order valence-corrected chi connectivity index (χ4v) is 4.90.